The molecule has 0 saturated carbocycles. The van der Waals surface area contributed by atoms with E-state index in [1.165, 1.54) is 4.90 Å². The number of aliphatic hydroxyl groups excluding tert-OH is 1. The summed E-state index contributed by atoms with van der Waals surface area (Å²) < 4.78 is 0. The largest absolute Gasteiger partial charge is 0.481 e. The molecular weight excluding hydrogens is 212 g/mol. The first-order valence-electron chi connectivity index (χ1n) is 5.44. The predicted octanol–water partition coefficient (Wildman–Crippen LogP) is 0.0159. The number of aliphatic carboxylic acids is 1. The second kappa shape index (κ2) is 5.69. The van der Waals surface area contributed by atoms with Crippen molar-refractivity contribution in [1.29, 1.82) is 0 Å². The number of urea groups is 1. The van der Waals surface area contributed by atoms with Gasteiger partial charge in [-0.25, -0.2) is 4.79 Å². The van der Waals surface area contributed by atoms with Crippen LogP contribution in [0.2, 0.25) is 0 Å². The van der Waals surface area contributed by atoms with Crippen molar-refractivity contribution in [2.24, 2.45) is 0 Å². The van der Waals surface area contributed by atoms with E-state index < -0.39 is 18.1 Å². The fourth-order valence-electron chi connectivity index (χ4n) is 1.75. The Hall–Kier alpha value is -1.30. The molecular formula is C10H18N2O4. The summed E-state index contributed by atoms with van der Waals surface area (Å²) in [4.78, 5) is 23.6. The standard InChI is InChI=1S/C10H18N2O4/c1-7(5-9(14)15)11-10(16)12-4-2-3-8(13)6-12/h7-8,13H,2-6H2,1H3,(H,11,16)(H,14,15). The van der Waals surface area contributed by atoms with Crippen LogP contribution in [0.1, 0.15) is 26.2 Å². The molecule has 0 aliphatic carbocycles. The van der Waals surface area contributed by atoms with Crippen molar-refractivity contribution in [3.63, 3.8) is 0 Å². The molecule has 6 heteroatoms. The Kier molecular flexibility index (Phi) is 4.54. The molecule has 92 valence electrons. The number of hydrogen-bond acceptors (Lipinski definition) is 3. The van der Waals surface area contributed by atoms with E-state index in [9.17, 15) is 14.7 Å². The highest BCUT2D eigenvalue weighted by atomic mass is 16.4. The Morgan fingerprint density at radius 2 is 2.25 bits per heavy atom. The van der Waals surface area contributed by atoms with E-state index in [1.807, 2.05) is 0 Å². The Morgan fingerprint density at radius 3 is 2.81 bits per heavy atom. The molecule has 0 spiro atoms. The number of nitrogens with zero attached hydrogens (tertiary/aromatic N) is 1. The zero-order chi connectivity index (χ0) is 12.1. The van der Waals surface area contributed by atoms with Gasteiger partial charge in [-0.15, -0.1) is 0 Å². The summed E-state index contributed by atoms with van der Waals surface area (Å²) in [7, 11) is 0. The maximum Gasteiger partial charge on any atom is 0.317 e. The molecule has 0 bridgehead atoms. The number of nitrogens with one attached hydrogen (secondary N) is 1. The average molecular weight is 230 g/mol. The summed E-state index contributed by atoms with van der Waals surface area (Å²) in [5, 5.41) is 20.5. The fraction of sp³-hybridized carbons (Fsp3) is 0.800. The lowest BCUT2D eigenvalue weighted by Gasteiger charge is -2.31. The summed E-state index contributed by atoms with van der Waals surface area (Å²) in [5.74, 6) is -0.938. The summed E-state index contributed by atoms with van der Waals surface area (Å²) in [6.45, 7) is 2.58. The van der Waals surface area contributed by atoms with Gasteiger partial charge < -0.3 is 20.4 Å². The van der Waals surface area contributed by atoms with Crippen LogP contribution in [0.5, 0.6) is 0 Å². The molecule has 1 heterocycles. The summed E-state index contributed by atoms with van der Waals surface area (Å²) in [6, 6.07) is -0.698. The van der Waals surface area contributed by atoms with Gasteiger partial charge >= 0.3 is 12.0 Å². The first kappa shape index (κ1) is 12.8. The normalized spacial score (nSPS) is 22.6. The van der Waals surface area contributed by atoms with Gasteiger partial charge in [0.25, 0.3) is 0 Å². The SMILES string of the molecule is CC(CC(=O)O)NC(=O)N1CCCC(O)C1. The van der Waals surface area contributed by atoms with E-state index in [0.717, 1.165) is 6.42 Å². The average Bonchev–Trinajstić information content (AvgIpc) is 2.16. The van der Waals surface area contributed by atoms with E-state index in [2.05, 4.69) is 5.32 Å². The van der Waals surface area contributed by atoms with Crippen molar-refractivity contribution in [3.8, 4) is 0 Å². The number of hydrogen-bond donors (Lipinski definition) is 3. The first-order valence-corrected chi connectivity index (χ1v) is 5.44. The second-order valence-corrected chi connectivity index (χ2v) is 4.19. The minimum absolute atomic E-state index is 0.0951. The third-order valence-corrected chi connectivity index (χ3v) is 2.53. The molecule has 2 unspecified atom stereocenters. The molecule has 0 aromatic heterocycles. The number of piperidine rings is 1. The van der Waals surface area contributed by atoms with E-state index in [1.54, 1.807) is 6.92 Å². The fourth-order valence-corrected chi connectivity index (χ4v) is 1.75. The zero-order valence-electron chi connectivity index (χ0n) is 9.35. The lowest BCUT2D eigenvalue weighted by molar-refractivity contribution is -0.137. The molecule has 0 aromatic carbocycles. The highest BCUT2D eigenvalue weighted by Crippen LogP contribution is 2.09. The number of amides is 2. The van der Waals surface area contributed by atoms with Gasteiger partial charge in [-0.2, -0.15) is 0 Å². The highest BCUT2D eigenvalue weighted by Gasteiger charge is 2.23. The van der Waals surface area contributed by atoms with Crippen LogP contribution in [0, 0.1) is 0 Å². The van der Waals surface area contributed by atoms with Crippen LogP contribution in [0.3, 0.4) is 0 Å². The van der Waals surface area contributed by atoms with E-state index >= 15 is 0 Å². The van der Waals surface area contributed by atoms with Crippen LogP contribution < -0.4 is 5.32 Å². The number of rotatable bonds is 3. The van der Waals surface area contributed by atoms with Gasteiger partial charge in [0.2, 0.25) is 0 Å². The molecule has 1 saturated heterocycles. The first-order chi connectivity index (χ1) is 7.49. The topological polar surface area (TPSA) is 89.9 Å². The number of carboxylic acids is 1. The zero-order valence-corrected chi connectivity index (χ0v) is 9.35. The number of aliphatic hydroxyl groups is 1. The van der Waals surface area contributed by atoms with Crippen LogP contribution in [-0.4, -0.2) is 52.3 Å². The van der Waals surface area contributed by atoms with Crippen LogP contribution in [0.4, 0.5) is 4.79 Å². The number of β-amino-alcohol motifs (C(OH)–C–C–N with tert-alkyl or cyclic N) is 1. The maximum atomic E-state index is 11.6. The molecule has 1 rings (SSSR count). The maximum absolute atomic E-state index is 11.6. The Bertz CT molecular complexity index is 270. The predicted molar refractivity (Wildman–Crippen MR) is 57.1 cm³/mol. The van der Waals surface area contributed by atoms with Gasteiger partial charge in [-0.05, 0) is 19.8 Å². The van der Waals surface area contributed by atoms with Gasteiger partial charge in [0.15, 0.2) is 0 Å². The molecule has 16 heavy (non-hydrogen) atoms. The van der Waals surface area contributed by atoms with Crippen molar-refractivity contribution in [3.05, 3.63) is 0 Å². The van der Waals surface area contributed by atoms with Gasteiger partial charge in [0, 0.05) is 19.1 Å². The quantitative estimate of drug-likeness (QED) is 0.637. The molecule has 2 atom stereocenters. The molecule has 6 nitrogen and oxygen atoms in total. The van der Waals surface area contributed by atoms with Gasteiger partial charge in [0.05, 0.1) is 12.5 Å². The van der Waals surface area contributed by atoms with Crippen LogP contribution in [0.15, 0.2) is 0 Å². The number of carbonyl (C=O) groups excluding carboxylic acids is 1. The molecule has 0 aromatic rings. The van der Waals surface area contributed by atoms with Crippen molar-refractivity contribution >= 4 is 12.0 Å². The number of carbonyl (C=O) groups is 2. The Balaban J connectivity index is 2.36. The summed E-state index contributed by atoms with van der Waals surface area (Å²) >= 11 is 0. The molecule has 2 amide bonds. The smallest absolute Gasteiger partial charge is 0.317 e. The summed E-state index contributed by atoms with van der Waals surface area (Å²) in [5.41, 5.74) is 0. The van der Waals surface area contributed by atoms with Crippen molar-refractivity contribution in [1.82, 2.24) is 10.2 Å². The third-order valence-electron chi connectivity index (χ3n) is 2.53. The minimum atomic E-state index is -0.938. The highest BCUT2D eigenvalue weighted by molar-refractivity contribution is 5.76. The van der Waals surface area contributed by atoms with Crippen LogP contribution in [0.25, 0.3) is 0 Å². The lowest BCUT2D eigenvalue weighted by Crippen LogP contribution is -2.49. The number of likely N-dealkylation sites (tertiary alicyclic amines) is 1. The van der Waals surface area contributed by atoms with E-state index in [-0.39, 0.29) is 12.5 Å². The van der Waals surface area contributed by atoms with Gasteiger partial charge in [-0.1, -0.05) is 0 Å². The second-order valence-electron chi connectivity index (χ2n) is 4.19. The third kappa shape index (κ3) is 4.06. The monoisotopic (exact) mass is 230 g/mol. The van der Waals surface area contributed by atoms with Crippen molar-refractivity contribution in [2.45, 2.75) is 38.3 Å². The van der Waals surface area contributed by atoms with E-state index in [4.69, 9.17) is 5.11 Å². The van der Waals surface area contributed by atoms with Crippen molar-refractivity contribution < 1.29 is 19.8 Å². The van der Waals surface area contributed by atoms with Gasteiger partial charge in [-0.3, -0.25) is 4.79 Å². The van der Waals surface area contributed by atoms with Crippen molar-refractivity contribution in [2.75, 3.05) is 13.1 Å². The lowest BCUT2D eigenvalue weighted by atomic mass is 10.1. The molecule has 3 N–H and O–H groups in total. The van der Waals surface area contributed by atoms with Crippen LogP contribution >= 0.6 is 0 Å². The van der Waals surface area contributed by atoms with Crippen LogP contribution in [-0.2, 0) is 4.79 Å². The van der Waals surface area contributed by atoms with E-state index in [0.29, 0.717) is 19.5 Å². The molecule has 0 radical (unpaired) electrons. The number of carboxylic acid groups (broad SMARTS) is 1. The minimum Gasteiger partial charge on any atom is -0.481 e. The molecule has 1 aliphatic heterocycles. The Morgan fingerprint density at radius 1 is 1.56 bits per heavy atom. The molecule has 1 fully saturated rings. The molecule has 1 aliphatic rings. The van der Waals surface area contributed by atoms with Gasteiger partial charge in [0.1, 0.15) is 0 Å². The Labute approximate surface area is 94.2 Å². The summed E-state index contributed by atoms with van der Waals surface area (Å²) in [6.07, 6.45) is 0.938.